The van der Waals surface area contributed by atoms with Crippen LogP contribution in [0.25, 0.3) is 0 Å². The fourth-order valence-electron chi connectivity index (χ4n) is 3.81. The highest BCUT2D eigenvalue weighted by Crippen LogP contribution is 2.21. The minimum absolute atomic E-state index is 0. The first-order valence-electron chi connectivity index (χ1n) is 9.54. The zero-order chi connectivity index (χ0) is 16.8. The Morgan fingerprint density at radius 2 is 2.16 bits per heavy atom. The second-order valence-electron chi connectivity index (χ2n) is 7.26. The van der Waals surface area contributed by atoms with E-state index in [1.807, 2.05) is 0 Å². The van der Waals surface area contributed by atoms with Gasteiger partial charge < -0.3 is 15.1 Å². The molecule has 0 spiro atoms. The largest absolute Gasteiger partial charge is 0.357 e. The third-order valence-corrected chi connectivity index (χ3v) is 5.96. The van der Waals surface area contributed by atoms with Gasteiger partial charge in [0.2, 0.25) is 0 Å². The first kappa shape index (κ1) is 21.0. The van der Waals surface area contributed by atoms with Crippen LogP contribution in [0.1, 0.15) is 44.6 Å². The Bertz CT molecular complexity index is 514. The van der Waals surface area contributed by atoms with Gasteiger partial charge in [0, 0.05) is 38.6 Å². The standard InChI is InChI=1S/C19H32N4S.HI/c1-3-20-19(21-12-16(2)18-7-11-24-15-18)23-10-6-17(14-23)13-22-8-4-5-9-22;/h7,11,15-17H,3-6,8-10,12-14H2,1-2H3,(H,20,21);1H. The van der Waals surface area contributed by atoms with E-state index in [4.69, 9.17) is 4.99 Å². The first-order valence-corrected chi connectivity index (χ1v) is 10.5. The summed E-state index contributed by atoms with van der Waals surface area (Å²) >= 11 is 1.77. The maximum atomic E-state index is 4.94. The van der Waals surface area contributed by atoms with Crippen LogP contribution >= 0.6 is 35.3 Å². The Morgan fingerprint density at radius 1 is 1.36 bits per heavy atom. The van der Waals surface area contributed by atoms with Crippen molar-refractivity contribution in [3.05, 3.63) is 22.4 Å². The van der Waals surface area contributed by atoms with Gasteiger partial charge in [-0.3, -0.25) is 4.99 Å². The molecule has 1 N–H and O–H groups in total. The molecule has 142 valence electrons. The normalized spacial score (nSPS) is 22.9. The van der Waals surface area contributed by atoms with Crippen molar-refractivity contribution in [1.82, 2.24) is 15.1 Å². The number of aliphatic imine (C=N–C) groups is 1. The molecule has 1 aromatic heterocycles. The van der Waals surface area contributed by atoms with Gasteiger partial charge in [0.25, 0.3) is 0 Å². The first-order chi connectivity index (χ1) is 11.8. The van der Waals surface area contributed by atoms with E-state index in [0.29, 0.717) is 5.92 Å². The Kier molecular flexibility index (Phi) is 8.99. The Hall–Kier alpha value is -0.340. The quantitative estimate of drug-likeness (QED) is 0.385. The average molecular weight is 476 g/mol. The molecule has 3 heterocycles. The number of thiophene rings is 1. The van der Waals surface area contributed by atoms with Gasteiger partial charge in [-0.1, -0.05) is 6.92 Å². The molecule has 4 nitrogen and oxygen atoms in total. The molecule has 2 atom stereocenters. The molecule has 2 unspecified atom stereocenters. The average Bonchev–Trinajstić information content (AvgIpc) is 3.33. The van der Waals surface area contributed by atoms with Crippen molar-refractivity contribution >= 4 is 41.3 Å². The van der Waals surface area contributed by atoms with Crippen LogP contribution in [0.4, 0.5) is 0 Å². The number of nitrogens with one attached hydrogen (secondary N) is 1. The molecule has 25 heavy (non-hydrogen) atoms. The van der Waals surface area contributed by atoms with E-state index >= 15 is 0 Å². The summed E-state index contributed by atoms with van der Waals surface area (Å²) in [6.07, 6.45) is 4.09. The Morgan fingerprint density at radius 3 is 2.84 bits per heavy atom. The van der Waals surface area contributed by atoms with Crippen molar-refractivity contribution in [2.24, 2.45) is 10.9 Å². The molecule has 0 aromatic carbocycles. The van der Waals surface area contributed by atoms with Gasteiger partial charge in [-0.15, -0.1) is 24.0 Å². The van der Waals surface area contributed by atoms with Gasteiger partial charge in [-0.2, -0.15) is 11.3 Å². The van der Waals surface area contributed by atoms with Crippen LogP contribution in [0.2, 0.25) is 0 Å². The molecule has 1 aromatic rings. The van der Waals surface area contributed by atoms with Crippen molar-refractivity contribution in [2.45, 2.75) is 39.0 Å². The number of guanidine groups is 1. The molecule has 0 radical (unpaired) electrons. The fourth-order valence-corrected chi connectivity index (χ4v) is 4.60. The van der Waals surface area contributed by atoms with E-state index in [9.17, 15) is 0 Å². The third-order valence-electron chi connectivity index (χ3n) is 5.26. The number of halogens is 1. The van der Waals surface area contributed by atoms with Crippen molar-refractivity contribution < 1.29 is 0 Å². The monoisotopic (exact) mass is 476 g/mol. The molecule has 2 saturated heterocycles. The molecular formula is C19H33IN4S. The van der Waals surface area contributed by atoms with Crippen LogP contribution in [0.5, 0.6) is 0 Å². The zero-order valence-electron chi connectivity index (χ0n) is 15.6. The molecule has 3 rings (SSSR count). The Labute approximate surface area is 174 Å². The molecule has 2 aliphatic heterocycles. The lowest BCUT2D eigenvalue weighted by atomic mass is 10.1. The minimum atomic E-state index is 0. The summed E-state index contributed by atoms with van der Waals surface area (Å²) in [7, 11) is 0. The predicted octanol–water partition coefficient (Wildman–Crippen LogP) is 3.85. The summed E-state index contributed by atoms with van der Waals surface area (Å²) < 4.78 is 0. The van der Waals surface area contributed by atoms with Crippen molar-refractivity contribution in [3.8, 4) is 0 Å². The van der Waals surface area contributed by atoms with Gasteiger partial charge in [0.1, 0.15) is 0 Å². The van der Waals surface area contributed by atoms with Gasteiger partial charge in [-0.25, -0.2) is 0 Å². The summed E-state index contributed by atoms with van der Waals surface area (Å²) in [4.78, 5) is 10.1. The van der Waals surface area contributed by atoms with E-state index in [1.165, 1.54) is 44.5 Å². The van der Waals surface area contributed by atoms with Crippen molar-refractivity contribution in [2.75, 3.05) is 45.8 Å². The maximum Gasteiger partial charge on any atom is 0.193 e. The second kappa shape index (κ2) is 10.7. The maximum absolute atomic E-state index is 4.94. The highest BCUT2D eigenvalue weighted by Gasteiger charge is 2.27. The summed E-state index contributed by atoms with van der Waals surface area (Å²) in [5.74, 6) is 2.41. The topological polar surface area (TPSA) is 30.9 Å². The lowest BCUT2D eigenvalue weighted by Gasteiger charge is -2.23. The van der Waals surface area contributed by atoms with Crippen LogP contribution in [0.15, 0.2) is 21.8 Å². The summed E-state index contributed by atoms with van der Waals surface area (Å²) in [6.45, 7) is 12.5. The minimum Gasteiger partial charge on any atom is -0.357 e. The molecular weight excluding hydrogens is 443 g/mol. The van der Waals surface area contributed by atoms with E-state index in [-0.39, 0.29) is 24.0 Å². The van der Waals surface area contributed by atoms with Gasteiger partial charge in [-0.05, 0) is 67.6 Å². The lowest BCUT2D eigenvalue weighted by Crippen LogP contribution is -2.41. The number of nitrogens with zero attached hydrogens (tertiary/aromatic N) is 3. The smallest absolute Gasteiger partial charge is 0.193 e. The second-order valence-corrected chi connectivity index (χ2v) is 8.04. The lowest BCUT2D eigenvalue weighted by molar-refractivity contribution is 0.281. The van der Waals surface area contributed by atoms with E-state index in [2.05, 4.69) is 45.8 Å². The molecule has 6 heteroatoms. The van der Waals surface area contributed by atoms with Gasteiger partial charge in [0.15, 0.2) is 5.96 Å². The van der Waals surface area contributed by atoms with E-state index in [0.717, 1.165) is 38.1 Å². The molecule has 0 bridgehead atoms. The predicted molar refractivity (Wildman–Crippen MR) is 119 cm³/mol. The van der Waals surface area contributed by atoms with Crippen LogP contribution < -0.4 is 5.32 Å². The third kappa shape index (κ3) is 6.10. The Balaban J connectivity index is 0.00000225. The summed E-state index contributed by atoms with van der Waals surface area (Å²) in [5, 5.41) is 7.91. The SMILES string of the molecule is CCNC(=NCC(C)c1ccsc1)N1CCC(CN2CCCC2)C1.I. The van der Waals surface area contributed by atoms with Gasteiger partial charge in [0.05, 0.1) is 0 Å². The fraction of sp³-hybridized carbons (Fsp3) is 0.737. The number of hydrogen-bond donors (Lipinski definition) is 1. The molecule has 2 aliphatic rings. The highest BCUT2D eigenvalue weighted by molar-refractivity contribution is 14.0. The molecule has 2 fully saturated rings. The molecule has 0 aliphatic carbocycles. The molecule has 0 amide bonds. The van der Waals surface area contributed by atoms with Crippen LogP contribution in [-0.2, 0) is 0 Å². The zero-order valence-corrected chi connectivity index (χ0v) is 18.8. The van der Waals surface area contributed by atoms with Crippen molar-refractivity contribution in [3.63, 3.8) is 0 Å². The molecule has 0 saturated carbocycles. The van der Waals surface area contributed by atoms with E-state index < -0.39 is 0 Å². The highest BCUT2D eigenvalue weighted by atomic mass is 127. The van der Waals surface area contributed by atoms with Gasteiger partial charge >= 0.3 is 0 Å². The van der Waals surface area contributed by atoms with Crippen molar-refractivity contribution in [1.29, 1.82) is 0 Å². The van der Waals surface area contributed by atoms with E-state index in [1.54, 1.807) is 11.3 Å². The summed E-state index contributed by atoms with van der Waals surface area (Å²) in [5.41, 5.74) is 1.41. The number of hydrogen-bond acceptors (Lipinski definition) is 3. The van der Waals surface area contributed by atoms with Crippen LogP contribution in [-0.4, -0.2) is 61.6 Å². The summed E-state index contributed by atoms with van der Waals surface area (Å²) in [6, 6.07) is 2.22. The van der Waals surface area contributed by atoms with Crippen LogP contribution in [0.3, 0.4) is 0 Å². The van der Waals surface area contributed by atoms with Crippen LogP contribution in [0, 0.1) is 5.92 Å². The number of rotatable bonds is 6. The number of likely N-dealkylation sites (tertiary alicyclic amines) is 2.